The minimum Gasteiger partial charge on any atom is -0.493 e. The third-order valence-electron chi connectivity index (χ3n) is 4.56. The number of benzene rings is 2. The van der Waals surface area contributed by atoms with Gasteiger partial charge in [-0.25, -0.2) is 4.39 Å². The van der Waals surface area contributed by atoms with Gasteiger partial charge in [-0.15, -0.1) is 0 Å². The van der Waals surface area contributed by atoms with Crippen LogP contribution in [-0.2, 0) is 20.9 Å². The van der Waals surface area contributed by atoms with Crippen molar-refractivity contribution in [3.8, 4) is 11.5 Å². The van der Waals surface area contributed by atoms with Crippen LogP contribution in [0.25, 0.3) is 6.08 Å². The van der Waals surface area contributed by atoms with Crippen molar-refractivity contribution in [2.45, 2.75) is 20.5 Å². The molecule has 0 aromatic heterocycles. The van der Waals surface area contributed by atoms with Gasteiger partial charge in [-0.2, -0.15) is 0 Å². The number of ether oxygens (including phenoxy) is 3. The molecule has 174 valence electrons. The first kappa shape index (κ1) is 24.3. The maximum absolute atomic E-state index is 13.8. The van der Waals surface area contributed by atoms with Crippen molar-refractivity contribution in [3.05, 3.63) is 64.3 Å². The Morgan fingerprint density at radius 2 is 1.91 bits per heavy atom. The molecule has 0 saturated carbocycles. The summed E-state index contributed by atoms with van der Waals surface area (Å²) in [5.74, 6) is -0.625. The van der Waals surface area contributed by atoms with E-state index in [0.29, 0.717) is 22.6 Å². The van der Waals surface area contributed by atoms with Gasteiger partial charge in [0.1, 0.15) is 19.0 Å². The summed E-state index contributed by atoms with van der Waals surface area (Å²) in [5, 5.41) is -0.537. The van der Waals surface area contributed by atoms with E-state index in [2.05, 4.69) is 0 Å². The van der Waals surface area contributed by atoms with Crippen LogP contribution >= 0.6 is 11.8 Å². The van der Waals surface area contributed by atoms with Crippen LogP contribution in [0.2, 0.25) is 0 Å². The summed E-state index contributed by atoms with van der Waals surface area (Å²) >= 11 is 0.747. The number of imide groups is 1. The second-order valence-electron chi connectivity index (χ2n) is 7.64. The Hall–Kier alpha value is -3.33. The molecular formula is C24H24FNO6S. The van der Waals surface area contributed by atoms with Gasteiger partial charge in [0.25, 0.3) is 11.1 Å². The minimum atomic E-state index is -0.634. The summed E-state index contributed by atoms with van der Waals surface area (Å²) in [6, 6.07) is 11.3. The number of rotatable bonds is 9. The topological polar surface area (TPSA) is 82.1 Å². The fraction of sp³-hybridized carbons (Fsp3) is 0.292. The third kappa shape index (κ3) is 6.35. The summed E-state index contributed by atoms with van der Waals surface area (Å²) in [4.78, 5) is 37.8. The van der Waals surface area contributed by atoms with E-state index >= 15 is 0 Å². The van der Waals surface area contributed by atoms with Crippen LogP contribution in [0, 0.1) is 11.7 Å². The first-order valence-corrected chi connectivity index (χ1v) is 11.1. The Balaban J connectivity index is 1.69. The summed E-state index contributed by atoms with van der Waals surface area (Å²) in [7, 11) is 1.46. The largest absolute Gasteiger partial charge is 0.493 e. The zero-order chi connectivity index (χ0) is 24.0. The number of thioether (sulfide) groups is 1. The number of esters is 1. The van der Waals surface area contributed by atoms with Gasteiger partial charge in [-0.05, 0) is 47.5 Å². The molecule has 9 heteroatoms. The van der Waals surface area contributed by atoms with E-state index in [-0.39, 0.29) is 29.9 Å². The zero-order valence-electron chi connectivity index (χ0n) is 18.5. The molecule has 1 fully saturated rings. The second-order valence-corrected chi connectivity index (χ2v) is 8.63. The molecule has 0 spiro atoms. The van der Waals surface area contributed by atoms with E-state index in [0.717, 1.165) is 16.7 Å². The number of carbonyl (C=O) groups is 3. The van der Waals surface area contributed by atoms with Crippen molar-refractivity contribution in [1.29, 1.82) is 0 Å². The highest BCUT2D eigenvalue weighted by Gasteiger charge is 2.36. The number of hydrogen-bond acceptors (Lipinski definition) is 7. The molecule has 0 unspecified atom stereocenters. The van der Waals surface area contributed by atoms with Gasteiger partial charge in [0, 0.05) is 5.56 Å². The molecule has 1 saturated heterocycles. The molecular weight excluding hydrogens is 449 g/mol. The van der Waals surface area contributed by atoms with E-state index in [4.69, 9.17) is 14.2 Å². The van der Waals surface area contributed by atoms with Gasteiger partial charge in [0.15, 0.2) is 11.5 Å². The molecule has 2 amide bonds. The van der Waals surface area contributed by atoms with E-state index in [1.807, 2.05) is 13.8 Å². The SMILES string of the molecule is COc1cc(/C=C2/SC(=O)N(CC(=O)OCC(C)C)C2=O)ccc1OCc1ccccc1F. The number of nitrogens with zero attached hydrogens (tertiary/aromatic N) is 1. The molecule has 3 rings (SSSR count). The molecule has 1 aliphatic heterocycles. The summed E-state index contributed by atoms with van der Waals surface area (Å²) < 4.78 is 29.9. The fourth-order valence-corrected chi connectivity index (χ4v) is 3.72. The van der Waals surface area contributed by atoms with E-state index < -0.39 is 23.7 Å². The molecule has 0 radical (unpaired) electrons. The molecule has 0 aliphatic carbocycles. The van der Waals surface area contributed by atoms with Crippen molar-refractivity contribution in [2.24, 2.45) is 5.92 Å². The Morgan fingerprint density at radius 1 is 1.15 bits per heavy atom. The quantitative estimate of drug-likeness (QED) is 0.387. The fourth-order valence-electron chi connectivity index (χ4n) is 2.89. The average molecular weight is 474 g/mol. The van der Waals surface area contributed by atoms with Crippen molar-refractivity contribution in [3.63, 3.8) is 0 Å². The van der Waals surface area contributed by atoms with Crippen LogP contribution in [0.5, 0.6) is 11.5 Å². The highest BCUT2D eigenvalue weighted by molar-refractivity contribution is 8.18. The van der Waals surface area contributed by atoms with Crippen molar-refractivity contribution < 1.29 is 33.0 Å². The van der Waals surface area contributed by atoms with Crippen LogP contribution < -0.4 is 9.47 Å². The lowest BCUT2D eigenvalue weighted by Gasteiger charge is -2.13. The van der Waals surface area contributed by atoms with Crippen molar-refractivity contribution >= 4 is 35.0 Å². The standard InChI is InChI=1S/C24H24FNO6S/c1-15(2)13-32-22(27)12-26-23(28)21(33-24(26)29)11-16-8-9-19(20(10-16)30-3)31-14-17-6-4-5-7-18(17)25/h4-11,15H,12-14H2,1-3H3/b21-11+. The average Bonchev–Trinajstić information content (AvgIpc) is 3.04. The Morgan fingerprint density at radius 3 is 2.61 bits per heavy atom. The predicted molar refractivity (Wildman–Crippen MR) is 122 cm³/mol. The van der Waals surface area contributed by atoms with Gasteiger partial charge < -0.3 is 14.2 Å². The molecule has 2 aromatic carbocycles. The third-order valence-corrected chi connectivity index (χ3v) is 5.47. The lowest BCUT2D eigenvalue weighted by Crippen LogP contribution is -2.34. The zero-order valence-corrected chi connectivity index (χ0v) is 19.3. The van der Waals surface area contributed by atoms with Gasteiger partial charge in [-0.3, -0.25) is 19.3 Å². The lowest BCUT2D eigenvalue weighted by molar-refractivity contribution is -0.147. The highest BCUT2D eigenvalue weighted by Crippen LogP contribution is 2.34. The maximum atomic E-state index is 13.8. The molecule has 1 heterocycles. The van der Waals surface area contributed by atoms with E-state index in [1.54, 1.807) is 36.4 Å². The molecule has 0 atom stereocenters. The molecule has 2 aromatic rings. The van der Waals surface area contributed by atoms with E-state index in [1.165, 1.54) is 19.3 Å². The molecule has 33 heavy (non-hydrogen) atoms. The predicted octanol–water partition coefficient (Wildman–Crippen LogP) is 4.65. The van der Waals surface area contributed by atoms with Crippen LogP contribution in [-0.4, -0.2) is 42.3 Å². The molecule has 0 N–H and O–H groups in total. The van der Waals surface area contributed by atoms with Crippen LogP contribution in [0.1, 0.15) is 25.0 Å². The van der Waals surface area contributed by atoms with Crippen molar-refractivity contribution in [2.75, 3.05) is 20.3 Å². The Kier molecular flexibility index (Phi) is 8.11. The number of amides is 2. The van der Waals surface area contributed by atoms with E-state index in [9.17, 15) is 18.8 Å². The van der Waals surface area contributed by atoms with Crippen molar-refractivity contribution in [1.82, 2.24) is 4.90 Å². The Labute approximate surface area is 195 Å². The highest BCUT2D eigenvalue weighted by atomic mass is 32.2. The van der Waals surface area contributed by atoms with Gasteiger partial charge in [0.05, 0.1) is 18.6 Å². The monoisotopic (exact) mass is 473 g/mol. The molecule has 1 aliphatic rings. The molecule has 7 nitrogen and oxygen atoms in total. The number of methoxy groups -OCH3 is 1. The van der Waals surface area contributed by atoms with Gasteiger partial charge in [-0.1, -0.05) is 38.1 Å². The maximum Gasteiger partial charge on any atom is 0.326 e. The normalized spacial score (nSPS) is 14.8. The van der Waals surface area contributed by atoms with Gasteiger partial charge >= 0.3 is 5.97 Å². The first-order valence-electron chi connectivity index (χ1n) is 10.2. The van der Waals surface area contributed by atoms with Gasteiger partial charge in [0.2, 0.25) is 0 Å². The number of hydrogen-bond donors (Lipinski definition) is 0. The molecule has 0 bridgehead atoms. The number of carbonyl (C=O) groups excluding carboxylic acids is 3. The minimum absolute atomic E-state index is 0.0220. The summed E-state index contributed by atoms with van der Waals surface area (Å²) in [6.45, 7) is 3.59. The smallest absolute Gasteiger partial charge is 0.326 e. The first-order chi connectivity index (χ1) is 15.8. The van der Waals surface area contributed by atoms with Crippen LogP contribution in [0.15, 0.2) is 47.4 Å². The van der Waals surface area contributed by atoms with Crippen LogP contribution in [0.4, 0.5) is 9.18 Å². The second kappa shape index (κ2) is 11.0. The lowest BCUT2D eigenvalue weighted by atomic mass is 10.1. The van der Waals surface area contributed by atoms with Crippen LogP contribution in [0.3, 0.4) is 0 Å². The summed E-state index contributed by atoms with van der Waals surface area (Å²) in [6.07, 6.45) is 1.54. The summed E-state index contributed by atoms with van der Waals surface area (Å²) in [5.41, 5.74) is 1.00. The Bertz CT molecular complexity index is 1080. The number of halogens is 1.